The van der Waals surface area contributed by atoms with E-state index >= 15 is 0 Å². The Balaban J connectivity index is 1.37. The molecule has 2 aromatic rings. The number of carbonyl (C=O) groups is 1. The molecule has 2 fully saturated rings. The SMILES string of the molecule is C[C@H]1CN(c2ncccc2Cl)CCN1C(=O)Nc1ccc(C2(O)CCOCC2)cc1. The van der Waals surface area contributed by atoms with Crippen molar-refractivity contribution in [3.8, 4) is 0 Å². The molecule has 2 amide bonds. The Morgan fingerprint density at radius 2 is 1.97 bits per heavy atom. The number of anilines is 2. The van der Waals surface area contributed by atoms with Crippen LogP contribution in [0.15, 0.2) is 42.6 Å². The molecule has 160 valence electrons. The lowest BCUT2D eigenvalue weighted by Gasteiger charge is -2.40. The second-order valence-electron chi connectivity index (χ2n) is 7.95. The van der Waals surface area contributed by atoms with Crippen LogP contribution in [0, 0.1) is 0 Å². The molecule has 1 aromatic carbocycles. The van der Waals surface area contributed by atoms with Gasteiger partial charge in [-0.25, -0.2) is 9.78 Å². The van der Waals surface area contributed by atoms with E-state index in [2.05, 4.69) is 15.2 Å². The number of piperazine rings is 1. The molecule has 3 heterocycles. The summed E-state index contributed by atoms with van der Waals surface area (Å²) in [6.45, 7) is 5.05. The van der Waals surface area contributed by atoms with E-state index in [1.165, 1.54) is 0 Å². The van der Waals surface area contributed by atoms with Crippen molar-refractivity contribution >= 4 is 29.1 Å². The van der Waals surface area contributed by atoms with Gasteiger partial charge in [0.15, 0.2) is 0 Å². The van der Waals surface area contributed by atoms with E-state index in [1.54, 1.807) is 6.20 Å². The Labute approximate surface area is 181 Å². The standard InChI is InChI=1S/C22H27ClN4O3/c1-16-15-26(20-19(23)3-2-10-24-20)11-12-27(16)21(28)25-18-6-4-17(5-7-18)22(29)8-13-30-14-9-22/h2-7,10,16,29H,8-9,11-15H2,1H3,(H,25,28)/t16-/m0/s1. The third-order valence-corrected chi connectivity index (χ3v) is 6.22. The summed E-state index contributed by atoms with van der Waals surface area (Å²) in [6, 6.07) is 11.0. The summed E-state index contributed by atoms with van der Waals surface area (Å²) in [5.74, 6) is 0.757. The normalized spacial score (nSPS) is 21.4. The van der Waals surface area contributed by atoms with Gasteiger partial charge in [0, 0.05) is 63.6 Å². The van der Waals surface area contributed by atoms with Crippen molar-refractivity contribution in [3.63, 3.8) is 0 Å². The average Bonchev–Trinajstić information content (AvgIpc) is 2.75. The van der Waals surface area contributed by atoms with E-state index in [0.29, 0.717) is 56.4 Å². The molecule has 0 unspecified atom stereocenters. The van der Waals surface area contributed by atoms with E-state index in [9.17, 15) is 9.90 Å². The molecule has 0 radical (unpaired) electrons. The number of aliphatic hydroxyl groups is 1. The van der Waals surface area contributed by atoms with E-state index in [-0.39, 0.29) is 12.1 Å². The summed E-state index contributed by atoms with van der Waals surface area (Å²) >= 11 is 6.27. The fourth-order valence-corrected chi connectivity index (χ4v) is 4.36. The van der Waals surface area contributed by atoms with Gasteiger partial charge >= 0.3 is 6.03 Å². The Hall–Kier alpha value is -2.35. The van der Waals surface area contributed by atoms with Crippen molar-refractivity contribution in [2.75, 3.05) is 43.1 Å². The first kappa shape index (κ1) is 20.9. The van der Waals surface area contributed by atoms with Crippen molar-refractivity contribution in [2.24, 2.45) is 0 Å². The van der Waals surface area contributed by atoms with Gasteiger partial charge in [-0.05, 0) is 36.8 Å². The number of nitrogens with zero attached hydrogens (tertiary/aromatic N) is 3. The van der Waals surface area contributed by atoms with Crippen LogP contribution in [-0.4, -0.2) is 59.9 Å². The molecule has 2 aliphatic heterocycles. The van der Waals surface area contributed by atoms with Gasteiger partial charge in [-0.3, -0.25) is 0 Å². The van der Waals surface area contributed by atoms with Gasteiger partial charge in [0.2, 0.25) is 0 Å². The van der Waals surface area contributed by atoms with Crippen molar-refractivity contribution in [2.45, 2.75) is 31.4 Å². The molecule has 7 nitrogen and oxygen atoms in total. The van der Waals surface area contributed by atoms with E-state index in [4.69, 9.17) is 16.3 Å². The van der Waals surface area contributed by atoms with E-state index < -0.39 is 5.60 Å². The highest BCUT2D eigenvalue weighted by Crippen LogP contribution is 2.32. The molecule has 0 bridgehead atoms. The largest absolute Gasteiger partial charge is 0.385 e. The van der Waals surface area contributed by atoms with Gasteiger partial charge < -0.3 is 25.0 Å². The van der Waals surface area contributed by atoms with Crippen molar-refractivity contribution < 1.29 is 14.6 Å². The summed E-state index contributed by atoms with van der Waals surface area (Å²) < 4.78 is 5.35. The molecule has 2 N–H and O–H groups in total. The number of halogens is 1. The van der Waals surface area contributed by atoms with Crippen LogP contribution in [0.2, 0.25) is 5.02 Å². The Bertz CT molecular complexity index is 886. The number of carbonyl (C=O) groups excluding carboxylic acids is 1. The first-order valence-electron chi connectivity index (χ1n) is 10.3. The molecule has 1 aromatic heterocycles. The Kier molecular flexibility index (Phi) is 6.13. The molecule has 2 saturated heterocycles. The molecule has 0 spiro atoms. The van der Waals surface area contributed by atoms with Crippen LogP contribution in [0.4, 0.5) is 16.3 Å². The number of ether oxygens (including phenoxy) is 1. The molecule has 2 aliphatic rings. The van der Waals surface area contributed by atoms with Crippen LogP contribution in [0.3, 0.4) is 0 Å². The number of rotatable bonds is 3. The molecule has 4 rings (SSSR count). The van der Waals surface area contributed by atoms with Crippen molar-refractivity contribution in [1.82, 2.24) is 9.88 Å². The third-order valence-electron chi connectivity index (χ3n) is 5.92. The maximum absolute atomic E-state index is 12.8. The highest BCUT2D eigenvalue weighted by molar-refractivity contribution is 6.32. The maximum atomic E-state index is 12.8. The summed E-state index contributed by atoms with van der Waals surface area (Å²) in [6.07, 6.45) is 2.90. The fourth-order valence-electron chi connectivity index (χ4n) is 4.12. The second-order valence-corrected chi connectivity index (χ2v) is 8.36. The smallest absolute Gasteiger partial charge is 0.322 e. The number of aromatic nitrogens is 1. The van der Waals surface area contributed by atoms with Crippen LogP contribution >= 0.6 is 11.6 Å². The van der Waals surface area contributed by atoms with Crippen LogP contribution in [0.5, 0.6) is 0 Å². The van der Waals surface area contributed by atoms with Gasteiger partial charge in [-0.1, -0.05) is 23.7 Å². The molecule has 1 atom stereocenters. The lowest BCUT2D eigenvalue weighted by atomic mass is 9.86. The molecule has 30 heavy (non-hydrogen) atoms. The molecular formula is C22H27ClN4O3. The fraction of sp³-hybridized carbons (Fsp3) is 0.455. The number of benzene rings is 1. The Morgan fingerprint density at radius 3 is 2.63 bits per heavy atom. The summed E-state index contributed by atoms with van der Waals surface area (Å²) in [7, 11) is 0. The summed E-state index contributed by atoms with van der Waals surface area (Å²) in [4.78, 5) is 21.1. The number of hydrogen-bond donors (Lipinski definition) is 2. The molecule has 0 saturated carbocycles. The highest BCUT2D eigenvalue weighted by Gasteiger charge is 2.32. The zero-order valence-corrected chi connectivity index (χ0v) is 17.8. The van der Waals surface area contributed by atoms with Crippen LogP contribution in [0.1, 0.15) is 25.3 Å². The summed E-state index contributed by atoms with van der Waals surface area (Å²) in [5, 5.41) is 14.4. The van der Waals surface area contributed by atoms with Crippen molar-refractivity contribution in [1.29, 1.82) is 0 Å². The highest BCUT2D eigenvalue weighted by atomic mass is 35.5. The molecule has 0 aliphatic carbocycles. The van der Waals surface area contributed by atoms with Gasteiger partial charge in [0.25, 0.3) is 0 Å². The zero-order valence-electron chi connectivity index (χ0n) is 17.1. The van der Waals surface area contributed by atoms with Gasteiger partial charge in [0.1, 0.15) is 5.82 Å². The van der Waals surface area contributed by atoms with Gasteiger partial charge in [0.05, 0.1) is 10.6 Å². The minimum atomic E-state index is -0.849. The predicted octanol–water partition coefficient (Wildman–Crippen LogP) is 3.48. The number of nitrogens with one attached hydrogen (secondary N) is 1. The van der Waals surface area contributed by atoms with E-state index in [0.717, 1.165) is 11.4 Å². The number of amides is 2. The number of urea groups is 1. The predicted molar refractivity (Wildman–Crippen MR) is 117 cm³/mol. The lowest BCUT2D eigenvalue weighted by Crippen LogP contribution is -2.55. The monoisotopic (exact) mass is 430 g/mol. The zero-order chi connectivity index (χ0) is 21.1. The lowest BCUT2D eigenvalue weighted by molar-refractivity contribution is -0.0679. The van der Waals surface area contributed by atoms with Crippen LogP contribution in [-0.2, 0) is 10.3 Å². The second kappa shape index (κ2) is 8.79. The van der Waals surface area contributed by atoms with E-state index in [1.807, 2.05) is 48.2 Å². The quantitative estimate of drug-likeness (QED) is 0.779. The van der Waals surface area contributed by atoms with Gasteiger partial charge in [-0.15, -0.1) is 0 Å². The minimum Gasteiger partial charge on any atom is -0.385 e. The maximum Gasteiger partial charge on any atom is 0.322 e. The van der Waals surface area contributed by atoms with Crippen LogP contribution < -0.4 is 10.2 Å². The van der Waals surface area contributed by atoms with Gasteiger partial charge in [-0.2, -0.15) is 0 Å². The minimum absolute atomic E-state index is 0.0130. The molecular weight excluding hydrogens is 404 g/mol. The first-order chi connectivity index (χ1) is 14.5. The van der Waals surface area contributed by atoms with Crippen molar-refractivity contribution in [3.05, 3.63) is 53.2 Å². The Morgan fingerprint density at radius 1 is 1.23 bits per heavy atom. The summed E-state index contributed by atoms with van der Waals surface area (Å²) in [5.41, 5.74) is 0.720. The topological polar surface area (TPSA) is 77.9 Å². The molecule has 8 heteroatoms. The third kappa shape index (κ3) is 4.38. The first-order valence-corrected chi connectivity index (χ1v) is 10.7. The number of pyridine rings is 1. The van der Waals surface area contributed by atoms with Crippen LogP contribution in [0.25, 0.3) is 0 Å². The average molecular weight is 431 g/mol. The number of hydrogen-bond acceptors (Lipinski definition) is 5.